The second kappa shape index (κ2) is 10.9. The van der Waals surface area contributed by atoms with E-state index in [1.54, 1.807) is 19.0 Å². The Morgan fingerprint density at radius 1 is 0.970 bits per heavy atom. The zero-order chi connectivity index (χ0) is 24.0. The van der Waals surface area contributed by atoms with Gasteiger partial charge in [-0.15, -0.1) is 0 Å². The van der Waals surface area contributed by atoms with Crippen LogP contribution in [0.3, 0.4) is 0 Å². The Bertz CT molecular complexity index is 964. The molecule has 1 aliphatic rings. The third-order valence-electron chi connectivity index (χ3n) is 5.53. The van der Waals surface area contributed by atoms with Gasteiger partial charge in [0.2, 0.25) is 5.91 Å². The van der Waals surface area contributed by atoms with Gasteiger partial charge in [0.1, 0.15) is 18.7 Å². The fourth-order valence-corrected chi connectivity index (χ4v) is 4.00. The molecule has 0 spiro atoms. The third kappa shape index (κ3) is 5.88. The van der Waals surface area contributed by atoms with Crippen LogP contribution in [0.15, 0.2) is 48.5 Å². The first-order valence-electron chi connectivity index (χ1n) is 10.7. The quantitative estimate of drug-likeness (QED) is 0.426. The highest BCUT2D eigenvalue weighted by molar-refractivity contribution is 5.89. The highest BCUT2D eigenvalue weighted by Crippen LogP contribution is 2.44. The van der Waals surface area contributed by atoms with Crippen LogP contribution >= 0.6 is 0 Å². The van der Waals surface area contributed by atoms with Crippen molar-refractivity contribution >= 4 is 18.0 Å². The number of ether oxygens (including phenoxy) is 1. The minimum atomic E-state index is -1.26. The Labute approximate surface area is 192 Å². The summed E-state index contributed by atoms with van der Waals surface area (Å²) in [5.74, 6) is -2.05. The predicted octanol–water partition coefficient (Wildman–Crippen LogP) is 1.41. The predicted molar refractivity (Wildman–Crippen MR) is 122 cm³/mol. The monoisotopic (exact) mass is 455 g/mol. The Morgan fingerprint density at radius 3 is 2.06 bits per heavy atom. The number of aliphatic hydroxyl groups is 1. The smallest absolute Gasteiger partial charge is 0.407 e. The van der Waals surface area contributed by atoms with Crippen LogP contribution in [0, 0.1) is 0 Å². The molecule has 0 aromatic heterocycles. The molecule has 2 atom stereocenters. The molecule has 0 radical (unpaired) electrons. The molecule has 4 N–H and O–H groups in total. The van der Waals surface area contributed by atoms with Crippen molar-refractivity contribution in [2.24, 2.45) is 0 Å². The molecular weight excluding hydrogens is 426 g/mol. The first-order chi connectivity index (χ1) is 15.8. The van der Waals surface area contributed by atoms with Crippen LogP contribution < -0.4 is 10.6 Å². The van der Waals surface area contributed by atoms with Gasteiger partial charge in [0.25, 0.3) is 0 Å². The average molecular weight is 456 g/mol. The number of carboxylic acid groups (broad SMARTS) is 1. The number of likely N-dealkylation sites (N-methyl/N-ethyl adjacent to an activating group) is 1. The zero-order valence-corrected chi connectivity index (χ0v) is 18.7. The number of aliphatic carboxylic acids is 1. The number of alkyl carbamates (subject to hydrolysis) is 1. The summed E-state index contributed by atoms with van der Waals surface area (Å²) in [6.45, 7) is -0.157. The van der Waals surface area contributed by atoms with Gasteiger partial charge in [0.05, 0.1) is 0 Å². The minimum Gasteiger partial charge on any atom is -0.480 e. The number of hydrogen-bond acceptors (Lipinski definition) is 6. The summed E-state index contributed by atoms with van der Waals surface area (Å²) in [5.41, 5.74) is 4.36. The lowest BCUT2D eigenvalue weighted by molar-refractivity contribution is -0.142. The van der Waals surface area contributed by atoms with Crippen LogP contribution in [0.5, 0.6) is 0 Å². The van der Waals surface area contributed by atoms with Crippen LogP contribution in [-0.4, -0.2) is 79.0 Å². The number of nitrogens with one attached hydrogen (secondary N) is 2. The van der Waals surface area contributed by atoms with Crippen LogP contribution in [-0.2, 0) is 14.3 Å². The highest BCUT2D eigenvalue weighted by atomic mass is 16.5. The largest absolute Gasteiger partial charge is 0.480 e. The summed E-state index contributed by atoms with van der Waals surface area (Å²) < 4.78 is 5.50. The van der Waals surface area contributed by atoms with E-state index in [1.807, 2.05) is 48.5 Å². The van der Waals surface area contributed by atoms with Crippen molar-refractivity contribution in [2.75, 3.05) is 33.9 Å². The molecule has 0 aliphatic heterocycles. The molecular formula is C24H29N3O6. The first kappa shape index (κ1) is 24.2. The van der Waals surface area contributed by atoms with Gasteiger partial charge in [-0.25, -0.2) is 9.59 Å². The van der Waals surface area contributed by atoms with E-state index in [4.69, 9.17) is 9.84 Å². The lowest BCUT2D eigenvalue weighted by atomic mass is 9.98. The highest BCUT2D eigenvalue weighted by Gasteiger charge is 2.30. The Balaban J connectivity index is 1.66. The zero-order valence-electron chi connectivity index (χ0n) is 18.7. The third-order valence-corrected chi connectivity index (χ3v) is 5.53. The number of aliphatic hydroxyl groups excluding tert-OH is 1. The lowest BCUT2D eigenvalue weighted by Crippen LogP contribution is -2.55. The van der Waals surface area contributed by atoms with Crippen molar-refractivity contribution in [2.45, 2.75) is 24.4 Å². The van der Waals surface area contributed by atoms with E-state index in [1.165, 1.54) is 0 Å². The first-order valence-corrected chi connectivity index (χ1v) is 10.7. The van der Waals surface area contributed by atoms with Gasteiger partial charge in [-0.1, -0.05) is 48.5 Å². The molecule has 2 amide bonds. The summed E-state index contributed by atoms with van der Waals surface area (Å²) in [6, 6.07) is 13.6. The molecule has 2 aromatic carbocycles. The number of rotatable bonds is 10. The maximum Gasteiger partial charge on any atom is 0.407 e. The summed E-state index contributed by atoms with van der Waals surface area (Å²) in [4.78, 5) is 38.2. The second-order valence-corrected chi connectivity index (χ2v) is 8.20. The van der Waals surface area contributed by atoms with E-state index in [0.29, 0.717) is 0 Å². The SMILES string of the molecule is CN(C)C[C@H](NC(=O)OCC1c2ccccc2-c2ccccc21)C(=O)NC(CCO)C(=O)O. The van der Waals surface area contributed by atoms with Gasteiger partial charge in [-0.3, -0.25) is 4.79 Å². The summed E-state index contributed by atoms with van der Waals surface area (Å²) in [5, 5.41) is 23.1. The number of benzene rings is 2. The van der Waals surface area contributed by atoms with Crippen molar-refractivity contribution in [3.05, 3.63) is 59.7 Å². The molecule has 3 rings (SSSR count). The fourth-order valence-electron chi connectivity index (χ4n) is 4.00. The van der Waals surface area contributed by atoms with Gasteiger partial charge in [-0.05, 0) is 36.3 Å². The number of hydrogen-bond donors (Lipinski definition) is 4. The fraction of sp³-hybridized carbons (Fsp3) is 0.375. The lowest BCUT2D eigenvalue weighted by Gasteiger charge is -2.24. The Hall–Kier alpha value is -3.43. The number of amides is 2. The van der Waals surface area contributed by atoms with Crippen molar-refractivity contribution in [3.63, 3.8) is 0 Å². The number of fused-ring (bicyclic) bond motifs is 3. The van der Waals surface area contributed by atoms with E-state index in [0.717, 1.165) is 22.3 Å². The maximum atomic E-state index is 12.6. The van der Waals surface area contributed by atoms with Crippen molar-refractivity contribution in [3.8, 4) is 11.1 Å². The van der Waals surface area contributed by atoms with Crippen LogP contribution in [0.25, 0.3) is 11.1 Å². The molecule has 1 aliphatic carbocycles. The number of nitrogens with zero attached hydrogens (tertiary/aromatic N) is 1. The van der Waals surface area contributed by atoms with Gasteiger partial charge < -0.3 is 30.5 Å². The molecule has 9 nitrogen and oxygen atoms in total. The van der Waals surface area contributed by atoms with Gasteiger partial charge >= 0.3 is 12.1 Å². The average Bonchev–Trinajstić information content (AvgIpc) is 3.10. The molecule has 33 heavy (non-hydrogen) atoms. The Kier molecular flexibility index (Phi) is 8.02. The molecule has 1 unspecified atom stereocenters. The minimum absolute atomic E-state index is 0.0957. The second-order valence-electron chi connectivity index (χ2n) is 8.20. The van der Waals surface area contributed by atoms with Gasteiger partial charge in [0, 0.05) is 25.5 Å². The Morgan fingerprint density at radius 2 is 1.55 bits per heavy atom. The molecule has 0 saturated carbocycles. The van der Waals surface area contributed by atoms with E-state index < -0.39 is 36.7 Å². The van der Waals surface area contributed by atoms with Gasteiger partial charge in [0.15, 0.2) is 0 Å². The molecule has 176 valence electrons. The summed E-state index contributed by atoms with van der Waals surface area (Å²) >= 11 is 0. The van der Waals surface area contributed by atoms with E-state index in [-0.39, 0.29) is 25.5 Å². The summed E-state index contributed by atoms with van der Waals surface area (Å²) in [6.07, 6.45) is -0.909. The molecule has 0 fully saturated rings. The molecule has 2 aromatic rings. The van der Waals surface area contributed by atoms with Crippen LogP contribution in [0.4, 0.5) is 4.79 Å². The normalized spacial score (nSPS) is 14.2. The number of carbonyl (C=O) groups excluding carboxylic acids is 2. The van der Waals surface area contributed by atoms with Crippen LogP contribution in [0.1, 0.15) is 23.5 Å². The number of carbonyl (C=O) groups is 3. The topological polar surface area (TPSA) is 128 Å². The number of carboxylic acids is 1. The van der Waals surface area contributed by atoms with E-state index >= 15 is 0 Å². The van der Waals surface area contributed by atoms with E-state index in [9.17, 15) is 19.5 Å². The molecule has 0 bridgehead atoms. The van der Waals surface area contributed by atoms with Crippen molar-refractivity contribution < 1.29 is 29.3 Å². The standard InChI is InChI=1S/C24H29N3O6/c1-27(2)13-21(22(29)25-20(11-12-28)23(30)31)26-24(32)33-14-19-17-9-5-3-7-15(17)16-8-4-6-10-18(16)19/h3-10,19-21,28H,11-14H2,1-2H3,(H,25,29)(H,26,32)(H,30,31)/t20?,21-/m0/s1. The molecule has 9 heteroatoms. The molecule has 0 saturated heterocycles. The molecule has 0 heterocycles. The van der Waals surface area contributed by atoms with Crippen LogP contribution in [0.2, 0.25) is 0 Å². The maximum absolute atomic E-state index is 12.6. The summed E-state index contributed by atoms with van der Waals surface area (Å²) in [7, 11) is 3.45. The van der Waals surface area contributed by atoms with Gasteiger partial charge in [-0.2, -0.15) is 0 Å². The van der Waals surface area contributed by atoms with Crippen molar-refractivity contribution in [1.82, 2.24) is 15.5 Å². The van der Waals surface area contributed by atoms with Crippen molar-refractivity contribution in [1.29, 1.82) is 0 Å². The van der Waals surface area contributed by atoms with E-state index in [2.05, 4.69) is 10.6 Å².